The number of aromatic nitrogens is 2. The average Bonchev–Trinajstić information content (AvgIpc) is 2.73. The molecule has 2 N–H and O–H groups in total. The molecule has 27 heavy (non-hydrogen) atoms. The molecule has 0 aliphatic carbocycles. The molecule has 1 fully saturated rings. The smallest absolute Gasteiger partial charge is 0.254 e. The first kappa shape index (κ1) is 17.6. The van der Waals surface area contributed by atoms with Gasteiger partial charge in [-0.25, -0.2) is 4.98 Å². The van der Waals surface area contributed by atoms with Gasteiger partial charge in [-0.2, -0.15) is 0 Å². The van der Waals surface area contributed by atoms with E-state index in [9.17, 15) is 4.79 Å². The molecule has 0 spiro atoms. The van der Waals surface area contributed by atoms with E-state index < -0.39 is 0 Å². The maximum Gasteiger partial charge on any atom is 0.254 e. The third-order valence-corrected chi connectivity index (χ3v) is 5.39. The minimum absolute atomic E-state index is 0.0593. The number of carbonyl (C=O) groups is 1. The quantitative estimate of drug-likeness (QED) is 0.776. The van der Waals surface area contributed by atoms with Crippen molar-refractivity contribution in [3.63, 3.8) is 0 Å². The molecule has 0 saturated carbocycles. The number of hydrogen-bond acceptors (Lipinski definition) is 4. The molecule has 5 heteroatoms. The largest absolute Gasteiger partial charge is 0.338 e. The molecule has 0 bridgehead atoms. The first-order valence-corrected chi connectivity index (χ1v) is 9.48. The van der Waals surface area contributed by atoms with Gasteiger partial charge in [0.1, 0.15) is 0 Å². The van der Waals surface area contributed by atoms with Crippen molar-refractivity contribution in [2.75, 3.05) is 13.1 Å². The molecule has 1 aliphatic heterocycles. The molecule has 1 aliphatic rings. The second kappa shape index (κ2) is 7.45. The summed E-state index contributed by atoms with van der Waals surface area (Å²) in [7, 11) is 0. The van der Waals surface area contributed by atoms with Gasteiger partial charge < -0.3 is 10.6 Å². The van der Waals surface area contributed by atoms with Crippen LogP contribution in [0.2, 0.25) is 0 Å². The molecule has 3 aromatic rings. The van der Waals surface area contributed by atoms with Gasteiger partial charge in [0.05, 0.1) is 16.8 Å². The van der Waals surface area contributed by atoms with Crippen LogP contribution in [0.5, 0.6) is 0 Å². The molecule has 0 radical (unpaired) electrons. The summed E-state index contributed by atoms with van der Waals surface area (Å²) in [5.41, 5.74) is 9.30. The van der Waals surface area contributed by atoms with Crippen LogP contribution in [0.15, 0.2) is 54.9 Å². The Morgan fingerprint density at radius 3 is 2.89 bits per heavy atom. The maximum atomic E-state index is 13.4. The van der Waals surface area contributed by atoms with Crippen LogP contribution in [0.25, 0.3) is 22.2 Å². The van der Waals surface area contributed by atoms with Crippen molar-refractivity contribution in [2.45, 2.75) is 25.8 Å². The van der Waals surface area contributed by atoms with Crippen LogP contribution in [0.3, 0.4) is 0 Å². The number of nitrogens with zero attached hydrogens (tertiary/aromatic N) is 3. The minimum atomic E-state index is 0.0593. The molecule has 138 valence electrons. The van der Waals surface area contributed by atoms with Crippen molar-refractivity contribution < 1.29 is 4.79 Å². The van der Waals surface area contributed by atoms with Gasteiger partial charge in [0.25, 0.3) is 5.91 Å². The predicted molar refractivity (Wildman–Crippen MR) is 107 cm³/mol. The zero-order valence-corrected chi connectivity index (χ0v) is 15.5. The average molecular weight is 360 g/mol. The van der Waals surface area contributed by atoms with E-state index in [1.807, 2.05) is 54.3 Å². The summed E-state index contributed by atoms with van der Waals surface area (Å²) in [5, 5.41) is 0.887. The number of amides is 1. The third kappa shape index (κ3) is 3.55. The van der Waals surface area contributed by atoms with Crippen molar-refractivity contribution >= 4 is 16.8 Å². The van der Waals surface area contributed by atoms with Gasteiger partial charge in [-0.3, -0.25) is 9.78 Å². The van der Waals surface area contributed by atoms with Gasteiger partial charge >= 0.3 is 0 Å². The van der Waals surface area contributed by atoms with E-state index >= 15 is 0 Å². The summed E-state index contributed by atoms with van der Waals surface area (Å²) in [5.74, 6) is 0.415. The highest BCUT2D eigenvalue weighted by molar-refractivity contribution is 6.07. The second-order valence-corrected chi connectivity index (χ2v) is 7.33. The van der Waals surface area contributed by atoms with E-state index in [1.165, 1.54) is 0 Å². The molecule has 1 aromatic carbocycles. The second-order valence-electron chi connectivity index (χ2n) is 7.33. The van der Waals surface area contributed by atoms with Crippen LogP contribution < -0.4 is 5.73 Å². The van der Waals surface area contributed by atoms with E-state index in [2.05, 4.69) is 4.98 Å². The van der Waals surface area contributed by atoms with Crippen molar-refractivity contribution in [3.05, 3.63) is 60.4 Å². The molecule has 5 nitrogen and oxygen atoms in total. The van der Waals surface area contributed by atoms with Crippen LogP contribution in [0.1, 0.15) is 30.1 Å². The lowest BCUT2D eigenvalue weighted by Crippen LogP contribution is -2.45. The highest BCUT2D eigenvalue weighted by Crippen LogP contribution is 2.27. The maximum absolute atomic E-state index is 13.4. The first-order valence-electron chi connectivity index (χ1n) is 9.48. The number of para-hydroxylation sites is 1. The van der Waals surface area contributed by atoms with E-state index in [0.29, 0.717) is 11.5 Å². The minimum Gasteiger partial charge on any atom is -0.338 e. The van der Waals surface area contributed by atoms with E-state index in [0.717, 1.165) is 48.1 Å². The third-order valence-electron chi connectivity index (χ3n) is 5.39. The summed E-state index contributed by atoms with van der Waals surface area (Å²) in [4.78, 5) is 24.3. The Hall–Kier alpha value is -2.79. The van der Waals surface area contributed by atoms with E-state index in [1.54, 1.807) is 12.4 Å². The van der Waals surface area contributed by atoms with Crippen LogP contribution in [0.4, 0.5) is 0 Å². The van der Waals surface area contributed by atoms with Crippen LogP contribution in [-0.4, -0.2) is 39.9 Å². The van der Waals surface area contributed by atoms with Crippen molar-refractivity contribution in [1.82, 2.24) is 14.9 Å². The van der Waals surface area contributed by atoms with Gasteiger partial charge in [-0.05, 0) is 49.9 Å². The number of rotatable bonds is 3. The van der Waals surface area contributed by atoms with Crippen molar-refractivity contribution in [2.24, 2.45) is 11.7 Å². The molecule has 3 heterocycles. The van der Waals surface area contributed by atoms with E-state index in [-0.39, 0.29) is 11.9 Å². The molecular formula is C22H24N4O. The predicted octanol–water partition coefficient (Wildman–Crippen LogP) is 3.50. The molecule has 2 unspecified atom stereocenters. The topological polar surface area (TPSA) is 72.1 Å². The highest BCUT2D eigenvalue weighted by atomic mass is 16.2. The molecule has 1 amide bonds. The van der Waals surface area contributed by atoms with Crippen molar-refractivity contribution in [3.8, 4) is 11.3 Å². The zero-order valence-electron chi connectivity index (χ0n) is 15.5. The standard InChI is InChI=1S/C22H24N4O/c1-15(23)17-7-5-11-26(14-17)22(27)19-12-21(16-6-4-10-24-13-16)25-20-9-3-2-8-18(19)20/h2-4,6,8-10,12-13,15,17H,5,7,11,14,23H2,1H3. The number of nitrogens with two attached hydrogens (primary N) is 1. The summed E-state index contributed by atoms with van der Waals surface area (Å²) in [6, 6.07) is 13.7. The number of piperidine rings is 1. The molecule has 2 atom stereocenters. The van der Waals surface area contributed by atoms with Crippen LogP contribution in [-0.2, 0) is 0 Å². The Labute approximate surface area is 159 Å². The molecule has 1 saturated heterocycles. The number of likely N-dealkylation sites (tertiary alicyclic amines) is 1. The Morgan fingerprint density at radius 1 is 1.26 bits per heavy atom. The SMILES string of the molecule is CC(N)C1CCCN(C(=O)c2cc(-c3cccnc3)nc3ccccc23)C1. The molecule has 4 rings (SSSR count). The number of hydrogen-bond donors (Lipinski definition) is 1. The Balaban J connectivity index is 1.77. The van der Waals surface area contributed by atoms with Gasteiger partial charge in [0, 0.05) is 42.5 Å². The number of pyridine rings is 2. The fourth-order valence-corrected chi connectivity index (χ4v) is 3.81. The number of carbonyl (C=O) groups excluding carboxylic acids is 1. The van der Waals surface area contributed by atoms with Gasteiger partial charge in [-0.15, -0.1) is 0 Å². The first-order chi connectivity index (χ1) is 13.1. The number of fused-ring (bicyclic) bond motifs is 1. The lowest BCUT2D eigenvalue weighted by atomic mass is 9.91. The highest BCUT2D eigenvalue weighted by Gasteiger charge is 2.27. The van der Waals surface area contributed by atoms with Crippen LogP contribution >= 0.6 is 0 Å². The fraction of sp³-hybridized carbons (Fsp3) is 0.318. The lowest BCUT2D eigenvalue weighted by molar-refractivity contribution is 0.0663. The zero-order chi connectivity index (χ0) is 18.8. The normalized spacial score (nSPS) is 18.4. The molecular weight excluding hydrogens is 336 g/mol. The number of benzene rings is 1. The molecule has 2 aromatic heterocycles. The Bertz CT molecular complexity index is 955. The Morgan fingerprint density at radius 2 is 2.11 bits per heavy atom. The summed E-state index contributed by atoms with van der Waals surface area (Å²) < 4.78 is 0. The monoisotopic (exact) mass is 360 g/mol. The van der Waals surface area contributed by atoms with Crippen LogP contribution in [0, 0.1) is 5.92 Å². The Kier molecular flexibility index (Phi) is 4.86. The van der Waals surface area contributed by atoms with E-state index in [4.69, 9.17) is 10.7 Å². The fourth-order valence-electron chi connectivity index (χ4n) is 3.81. The van der Waals surface area contributed by atoms with Gasteiger partial charge in [0.2, 0.25) is 0 Å². The summed E-state index contributed by atoms with van der Waals surface area (Å²) in [6.07, 6.45) is 5.59. The van der Waals surface area contributed by atoms with Gasteiger partial charge in [-0.1, -0.05) is 18.2 Å². The van der Waals surface area contributed by atoms with Crippen molar-refractivity contribution in [1.29, 1.82) is 0 Å². The van der Waals surface area contributed by atoms with Gasteiger partial charge in [0.15, 0.2) is 0 Å². The summed E-state index contributed by atoms with van der Waals surface area (Å²) in [6.45, 7) is 3.53. The summed E-state index contributed by atoms with van der Waals surface area (Å²) >= 11 is 0. The lowest BCUT2D eigenvalue weighted by Gasteiger charge is -2.35.